The molecule has 1 amide bonds. The standard InChI is InChI=1S/C17H15N3O2S/c1-22-14-7-3-4-11(9-14)15-10-23-17(20-15)19-13-6-2-5-12(8-13)16(18)21/h2-10H,1H3,(H2,18,21)(H,19,20). The van der Waals surface area contributed by atoms with Crippen molar-refractivity contribution in [3.05, 3.63) is 59.5 Å². The maximum atomic E-state index is 11.2. The Labute approximate surface area is 137 Å². The van der Waals surface area contributed by atoms with Gasteiger partial charge in [-0.3, -0.25) is 4.79 Å². The van der Waals surface area contributed by atoms with E-state index in [1.54, 1.807) is 25.3 Å². The lowest BCUT2D eigenvalue weighted by molar-refractivity contribution is 0.100. The molecule has 1 aromatic heterocycles. The van der Waals surface area contributed by atoms with Crippen LogP contribution in [0.15, 0.2) is 53.9 Å². The highest BCUT2D eigenvalue weighted by atomic mass is 32.1. The van der Waals surface area contributed by atoms with Gasteiger partial charge in [-0.25, -0.2) is 4.98 Å². The molecule has 0 radical (unpaired) electrons. The summed E-state index contributed by atoms with van der Waals surface area (Å²) in [6, 6.07) is 14.8. The molecule has 0 aliphatic heterocycles. The average Bonchev–Trinajstić information content (AvgIpc) is 3.03. The van der Waals surface area contributed by atoms with E-state index in [4.69, 9.17) is 10.5 Å². The van der Waals surface area contributed by atoms with E-state index in [-0.39, 0.29) is 0 Å². The zero-order valence-corrected chi connectivity index (χ0v) is 13.3. The van der Waals surface area contributed by atoms with Crippen LogP contribution in [0.3, 0.4) is 0 Å². The van der Waals surface area contributed by atoms with Crippen molar-refractivity contribution in [2.45, 2.75) is 0 Å². The van der Waals surface area contributed by atoms with E-state index in [0.29, 0.717) is 5.56 Å². The van der Waals surface area contributed by atoms with Crippen LogP contribution in [0.25, 0.3) is 11.3 Å². The van der Waals surface area contributed by atoms with Crippen molar-refractivity contribution in [3.63, 3.8) is 0 Å². The van der Waals surface area contributed by atoms with Gasteiger partial charge >= 0.3 is 0 Å². The Morgan fingerprint density at radius 1 is 1.22 bits per heavy atom. The fourth-order valence-corrected chi connectivity index (χ4v) is 2.86. The molecule has 23 heavy (non-hydrogen) atoms. The van der Waals surface area contributed by atoms with Crippen LogP contribution in [0, 0.1) is 0 Å². The summed E-state index contributed by atoms with van der Waals surface area (Å²) >= 11 is 1.49. The number of ether oxygens (including phenoxy) is 1. The van der Waals surface area contributed by atoms with E-state index >= 15 is 0 Å². The Balaban J connectivity index is 1.82. The minimum absolute atomic E-state index is 0.454. The van der Waals surface area contributed by atoms with Crippen molar-refractivity contribution in [2.75, 3.05) is 12.4 Å². The zero-order valence-electron chi connectivity index (χ0n) is 12.4. The normalized spacial score (nSPS) is 10.3. The molecular weight excluding hydrogens is 310 g/mol. The van der Waals surface area contributed by atoms with Crippen LogP contribution in [0.2, 0.25) is 0 Å². The molecule has 0 fully saturated rings. The Morgan fingerprint density at radius 3 is 2.83 bits per heavy atom. The molecule has 3 aromatic rings. The third kappa shape index (κ3) is 3.49. The number of benzene rings is 2. The molecule has 0 aliphatic rings. The van der Waals surface area contributed by atoms with E-state index in [2.05, 4.69) is 10.3 Å². The molecule has 0 spiro atoms. The number of aromatic nitrogens is 1. The lowest BCUT2D eigenvalue weighted by Gasteiger charge is -2.04. The molecule has 0 saturated heterocycles. The van der Waals surface area contributed by atoms with Crippen molar-refractivity contribution in [1.82, 2.24) is 4.98 Å². The second kappa shape index (κ2) is 6.50. The molecule has 5 nitrogen and oxygen atoms in total. The van der Waals surface area contributed by atoms with Gasteiger partial charge in [-0.1, -0.05) is 18.2 Å². The number of amides is 1. The molecule has 0 saturated carbocycles. The molecule has 6 heteroatoms. The van der Waals surface area contributed by atoms with Gasteiger partial charge in [0.05, 0.1) is 12.8 Å². The molecule has 116 valence electrons. The number of carbonyl (C=O) groups is 1. The number of nitrogens with zero attached hydrogens (tertiary/aromatic N) is 1. The van der Waals surface area contributed by atoms with Gasteiger partial charge in [-0.15, -0.1) is 11.3 Å². The van der Waals surface area contributed by atoms with E-state index in [1.807, 2.05) is 35.7 Å². The number of nitrogens with one attached hydrogen (secondary N) is 1. The van der Waals surface area contributed by atoms with Crippen molar-refractivity contribution in [3.8, 4) is 17.0 Å². The second-order valence-corrected chi connectivity index (χ2v) is 5.70. The third-order valence-electron chi connectivity index (χ3n) is 3.27. The summed E-state index contributed by atoms with van der Waals surface area (Å²) in [4.78, 5) is 15.8. The van der Waals surface area contributed by atoms with Crippen molar-refractivity contribution in [1.29, 1.82) is 0 Å². The topological polar surface area (TPSA) is 77.2 Å². The molecule has 0 bridgehead atoms. The fourth-order valence-electron chi connectivity index (χ4n) is 2.12. The van der Waals surface area contributed by atoms with Gasteiger partial charge in [0.2, 0.25) is 5.91 Å². The predicted molar refractivity (Wildman–Crippen MR) is 92.3 cm³/mol. The van der Waals surface area contributed by atoms with E-state index in [1.165, 1.54) is 11.3 Å². The van der Waals surface area contributed by atoms with E-state index in [0.717, 1.165) is 27.8 Å². The minimum Gasteiger partial charge on any atom is -0.497 e. The lowest BCUT2D eigenvalue weighted by Crippen LogP contribution is -2.10. The summed E-state index contributed by atoms with van der Waals surface area (Å²) in [7, 11) is 1.64. The number of hydrogen-bond acceptors (Lipinski definition) is 5. The Morgan fingerprint density at radius 2 is 2.04 bits per heavy atom. The van der Waals surface area contributed by atoms with Crippen LogP contribution in [0.4, 0.5) is 10.8 Å². The number of primary amides is 1. The molecule has 0 unspecified atom stereocenters. The number of rotatable bonds is 5. The number of anilines is 2. The van der Waals surface area contributed by atoms with Gasteiger partial charge in [-0.2, -0.15) is 0 Å². The molecule has 0 atom stereocenters. The van der Waals surface area contributed by atoms with Gasteiger partial charge in [0.25, 0.3) is 0 Å². The molecule has 0 aliphatic carbocycles. The SMILES string of the molecule is COc1cccc(-c2csc(Nc3cccc(C(N)=O)c3)n2)c1. The van der Waals surface area contributed by atoms with Crippen molar-refractivity contribution < 1.29 is 9.53 Å². The lowest BCUT2D eigenvalue weighted by atomic mass is 10.2. The summed E-state index contributed by atoms with van der Waals surface area (Å²) in [5, 5.41) is 5.89. The molecule has 2 aromatic carbocycles. The smallest absolute Gasteiger partial charge is 0.248 e. The number of hydrogen-bond donors (Lipinski definition) is 2. The van der Waals surface area contributed by atoms with Crippen LogP contribution in [-0.2, 0) is 0 Å². The summed E-state index contributed by atoms with van der Waals surface area (Å²) in [5.74, 6) is 0.337. The van der Waals surface area contributed by atoms with Gasteiger partial charge in [0.15, 0.2) is 5.13 Å². The Hall–Kier alpha value is -2.86. The van der Waals surface area contributed by atoms with Crippen LogP contribution in [-0.4, -0.2) is 18.0 Å². The largest absolute Gasteiger partial charge is 0.497 e. The third-order valence-corrected chi connectivity index (χ3v) is 4.03. The van der Waals surface area contributed by atoms with Crippen LogP contribution < -0.4 is 15.8 Å². The summed E-state index contributed by atoms with van der Waals surface area (Å²) in [6.07, 6.45) is 0. The summed E-state index contributed by atoms with van der Waals surface area (Å²) in [5.41, 5.74) is 8.37. The Kier molecular flexibility index (Phi) is 4.25. The summed E-state index contributed by atoms with van der Waals surface area (Å²) < 4.78 is 5.23. The molecular formula is C17H15N3O2S. The number of nitrogens with two attached hydrogens (primary N) is 1. The van der Waals surface area contributed by atoms with E-state index in [9.17, 15) is 4.79 Å². The highest BCUT2D eigenvalue weighted by molar-refractivity contribution is 7.14. The number of thiazole rings is 1. The van der Waals surface area contributed by atoms with Gasteiger partial charge in [0.1, 0.15) is 5.75 Å². The first-order valence-electron chi connectivity index (χ1n) is 6.92. The predicted octanol–water partition coefficient (Wildman–Crippen LogP) is 3.66. The monoisotopic (exact) mass is 325 g/mol. The average molecular weight is 325 g/mol. The first kappa shape index (κ1) is 15.1. The summed E-state index contributed by atoms with van der Waals surface area (Å²) in [6.45, 7) is 0. The number of methoxy groups -OCH3 is 1. The molecule has 3 rings (SSSR count). The molecule has 1 heterocycles. The number of carbonyl (C=O) groups excluding carboxylic acids is 1. The first-order valence-corrected chi connectivity index (χ1v) is 7.80. The fraction of sp³-hybridized carbons (Fsp3) is 0.0588. The second-order valence-electron chi connectivity index (χ2n) is 4.84. The van der Waals surface area contributed by atoms with Gasteiger partial charge in [0, 0.05) is 22.2 Å². The van der Waals surface area contributed by atoms with Crippen molar-refractivity contribution in [2.24, 2.45) is 5.73 Å². The zero-order chi connectivity index (χ0) is 16.2. The highest BCUT2D eigenvalue weighted by Gasteiger charge is 2.07. The van der Waals surface area contributed by atoms with Crippen LogP contribution in [0.1, 0.15) is 10.4 Å². The van der Waals surface area contributed by atoms with Crippen molar-refractivity contribution >= 4 is 28.1 Å². The maximum absolute atomic E-state index is 11.2. The Bertz CT molecular complexity index is 845. The van der Waals surface area contributed by atoms with Crippen LogP contribution in [0.5, 0.6) is 5.75 Å². The quantitative estimate of drug-likeness (QED) is 0.750. The van der Waals surface area contributed by atoms with Gasteiger partial charge in [-0.05, 0) is 30.3 Å². The van der Waals surface area contributed by atoms with Gasteiger partial charge < -0.3 is 15.8 Å². The van der Waals surface area contributed by atoms with E-state index < -0.39 is 5.91 Å². The maximum Gasteiger partial charge on any atom is 0.248 e. The molecule has 3 N–H and O–H groups in total. The highest BCUT2D eigenvalue weighted by Crippen LogP contribution is 2.29. The minimum atomic E-state index is -0.454. The first-order chi connectivity index (χ1) is 11.2. The van der Waals surface area contributed by atoms with Crippen LogP contribution >= 0.6 is 11.3 Å².